The summed E-state index contributed by atoms with van der Waals surface area (Å²) in [5.41, 5.74) is 14.5. The minimum atomic E-state index is -0.218. The molecule has 0 aliphatic carbocycles. The van der Waals surface area contributed by atoms with Gasteiger partial charge in [-0.25, -0.2) is 4.39 Å². The Kier molecular flexibility index (Phi) is 7.43. The van der Waals surface area contributed by atoms with Gasteiger partial charge in [-0.3, -0.25) is 10.1 Å². The number of aromatic nitrogens is 4. The van der Waals surface area contributed by atoms with Crippen LogP contribution in [0.1, 0.15) is 24.6 Å². The molecule has 0 radical (unpaired) electrons. The van der Waals surface area contributed by atoms with E-state index in [1.807, 2.05) is 43.3 Å². The van der Waals surface area contributed by atoms with Crippen molar-refractivity contribution in [3.63, 3.8) is 0 Å². The van der Waals surface area contributed by atoms with Gasteiger partial charge in [-0.15, -0.1) is 0 Å². The van der Waals surface area contributed by atoms with Crippen LogP contribution in [0, 0.1) is 5.82 Å². The summed E-state index contributed by atoms with van der Waals surface area (Å²) >= 11 is 0. The summed E-state index contributed by atoms with van der Waals surface area (Å²) in [6.45, 7) is 6.64. The largest absolute Gasteiger partial charge is 0.399 e. The lowest BCUT2D eigenvalue weighted by Gasteiger charge is -2.11. The maximum absolute atomic E-state index is 14.7. The predicted octanol–water partition coefficient (Wildman–Crippen LogP) is 6.84. The highest BCUT2D eigenvalue weighted by atomic mass is 19.1. The van der Waals surface area contributed by atoms with Gasteiger partial charge in [-0.2, -0.15) is 5.10 Å². The van der Waals surface area contributed by atoms with E-state index in [9.17, 15) is 4.39 Å². The summed E-state index contributed by atoms with van der Waals surface area (Å²) in [6, 6.07) is 15.5. The summed E-state index contributed by atoms with van der Waals surface area (Å²) in [7, 11) is 4.10. The second-order valence-corrected chi connectivity index (χ2v) is 9.98. The molecule has 2 aromatic carbocycles. The maximum Gasteiger partial charge on any atom is 0.124 e. The van der Waals surface area contributed by atoms with Gasteiger partial charge in [-0.1, -0.05) is 30.9 Å². The van der Waals surface area contributed by atoms with Crippen molar-refractivity contribution in [3.05, 3.63) is 102 Å². The summed E-state index contributed by atoms with van der Waals surface area (Å²) in [6.07, 6.45) is 9.01. The van der Waals surface area contributed by atoms with E-state index < -0.39 is 0 Å². The fourth-order valence-electron chi connectivity index (χ4n) is 4.91. The van der Waals surface area contributed by atoms with Gasteiger partial charge in [0.05, 0.1) is 23.1 Å². The molecule has 0 spiro atoms. The molecule has 0 saturated heterocycles. The standard InChI is InChI=1S/C32H33FN6/c1-5-21(16-24(34)6-2)29-18-27-31(19-35-29)37-38-32(27)30-17-26-25(10-7-11-28(26)36-30)22-13-20(14-23(33)15-22)9-8-12-39(3)4/h5-7,10-11,13-19,36H,2,8-9,12,34H2,1,3-4H3,(H,37,38)/b21-5+,24-16+. The summed E-state index contributed by atoms with van der Waals surface area (Å²) in [5.74, 6) is -0.218. The number of H-pyrrole nitrogens is 2. The highest BCUT2D eigenvalue weighted by molar-refractivity contribution is 6.01. The Hall–Kier alpha value is -4.49. The molecule has 0 saturated carbocycles. The third-order valence-corrected chi connectivity index (χ3v) is 6.87. The van der Waals surface area contributed by atoms with E-state index in [2.05, 4.69) is 57.9 Å². The normalized spacial score (nSPS) is 12.6. The lowest BCUT2D eigenvalue weighted by atomic mass is 9.98. The minimum absolute atomic E-state index is 0.218. The Labute approximate surface area is 227 Å². The van der Waals surface area contributed by atoms with Crippen molar-refractivity contribution in [1.29, 1.82) is 0 Å². The zero-order valence-electron chi connectivity index (χ0n) is 22.6. The summed E-state index contributed by atoms with van der Waals surface area (Å²) in [4.78, 5) is 10.3. The van der Waals surface area contributed by atoms with Crippen LogP contribution in [-0.2, 0) is 6.42 Å². The minimum Gasteiger partial charge on any atom is -0.399 e. The second-order valence-electron chi connectivity index (χ2n) is 9.98. The molecule has 5 aromatic rings. The Bertz CT molecular complexity index is 1720. The van der Waals surface area contributed by atoms with Crippen molar-refractivity contribution >= 4 is 27.4 Å². The molecule has 198 valence electrons. The van der Waals surface area contributed by atoms with Gasteiger partial charge in [0.1, 0.15) is 11.5 Å². The van der Waals surface area contributed by atoms with Crippen molar-refractivity contribution in [3.8, 4) is 22.5 Å². The number of aromatic amines is 2. The molecular formula is C32H33FN6. The molecule has 39 heavy (non-hydrogen) atoms. The van der Waals surface area contributed by atoms with Crippen LogP contribution < -0.4 is 5.73 Å². The SMILES string of the molecule is C=C/C(N)=C\C(=C/C)c1cc2c(-c3cc4c(-c5cc(F)cc(CCCN(C)C)c5)cccc4[nH]3)n[nH]c2cn1. The van der Waals surface area contributed by atoms with Gasteiger partial charge in [0, 0.05) is 22.0 Å². The molecule has 0 aliphatic heterocycles. The third-order valence-electron chi connectivity index (χ3n) is 6.87. The molecule has 3 heterocycles. The maximum atomic E-state index is 14.7. The topological polar surface area (TPSA) is 86.6 Å². The Morgan fingerprint density at radius 1 is 1.10 bits per heavy atom. The number of allylic oxidation sites excluding steroid dienone is 4. The molecule has 0 atom stereocenters. The van der Waals surface area contributed by atoms with E-state index in [1.165, 1.54) is 0 Å². The third kappa shape index (κ3) is 5.54. The Morgan fingerprint density at radius 3 is 2.72 bits per heavy atom. The molecule has 6 nitrogen and oxygen atoms in total. The van der Waals surface area contributed by atoms with Crippen LogP contribution in [0.2, 0.25) is 0 Å². The van der Waals surface area contributed by atoms with Crippen LogP contribution in [0.5, 0.6) is 0 Å². The first-order valence-corrected chi connectivity index (χ1v) is 13.0. The number of rotatable bonds is 9. The van der Waals surface area contributed by atoms with Crippen molar-refractivity contribution in [2.45, 2.75) is 19.8 Å². The Balaban J connectivity index is 1.55. The number of fused-ring (bicyclic) bond motifs is 2. The number of benzene rings is 2. The first-order chi connectivity index (χ1) is 18.9. The van der Waals surface area contributed by atoms with Crippen molar-refractivity contribution in [1.82, 2.24) is 25.1 Å². The number of halogens is 1. The number of nitrogens with two attached hydrogens (primary N) is 1. The van der Waals surface area contributed by atoms with Gasteiger partial charge in [-0.05, 0) is 105 Å². The first-order valence-electron chi connectivity index (χ1n) is 13.0. The quantitative estimate of drug-likeness (QED) is 0.186. The average molecular weight is 521 g/mol. The molecule has 3 aromatic heterocycles. The highest BCUT2D eigenvalue weighted by Gasteiger charge is 2.15. The fourth-order valence-corrected chi connectivity index (χ4v) is 4.91. The monoisotopic (exact) mass is 520 g/mol. The van der Waals surface area contributed by atoms with Crippen LogP contribution in [0.15, 0.2) is 85.2 Å². The predicted molar refractivity (Wildman–Crippen MR) is 160 cm³/mol. The number of pyridine rings is 1. The van der Waals surface area contributed by atoms with Crippen LogP contribution >= 0.6 is 0 Å². The van der Waals surface area contributed by atoms with E-state index in [1.54, 1.807) is 24.4 Å². The van der Waals surface area contributed by atoms with Gasteiger partial charge in [0.2, 0.25) is 0 Å². The molecular weight excluding hydrogens is 487 g/mol. The van der Waals surface area contributed by atoms with Gasteiger partial charge in [0.15, 0.2) is 0 Å². The summed E-state index contributed by atoms with van der Waals surface area (Å²) in [5, 5.41) is 9.65. The van der Waals surface area contributed by atoms with Gasteiger partial charge >= 0.3 is 0 Å². The van der Waals surface area contributed by atoms with E-state index in [0.29, 0.717) is 5.70 Å². The fraction of sp³-hybridized carbons (Fsp3) is 0.188. The zero-order valence-corrected chi connectivity index (χ0v) is 22.6. The molecule has 7 heteroatoms. The molecule has 4 N–H and O–H groups in total. The smallest absolute Gasteiger partial charge is 0.124 e. The summed E-state index contributed by atoms with van der Waals surface area (Å²) < 4.78 is 14.7. The van der Waals surface area contributed by atoms with Crippen LogP contribution in [0.25, 0.3) is 49.9 Å². The highest BCUT2D eigenvalue weighted by Crippen LogP contribution is 2.35. The van der Waals surface area contributed by atoms with Crippen LogP contribution in [0.3, 0.4) is 0 Å². The molecule has 5 rings (SSSR count). The number of hydrogen-bond acceptors (Lipinski definition) is 4. The van der Waals surface area contributed by atoms with Crippen molar-refractivity contribution < 1.29 is 4.39 Å². The van der Waals surface area contributed by atoms with E-state index in [4.69, 9.17) is 5.73 Å². The van der Waals surface area contributed by atoms with Gasteiger partial charge < -0.3 is 15.6 Å². The second kappa shape index (κ2) is 11.1. The molecule has 0 amide bonds. The number of hydrogen-bond donors (Lipinski definition) is 3. The first kappa shape index (κ1) is 26.1. The molecule has 0 fully saturated rings. The number of aryl methyl sites for hydroxylation is 1. The Morgan fingerprint density at radius 2 is 1.95 bits per heavy atom. The average Bonchev–Trinajstić information content (AvgIpc) is 3.54. The zero-order chi connectivity index (χ0) is 27.5. The van der Waals surface area contributed by atoms with Crippen molar-refractivity contribution in [2.75, 3.05) is 20.6 Å². The number of nitrogens with zero attached hydrogens (tertiary/aromatic N) is 3. The van der Waals surface area contributed by atoms with Crippen LogP contribution in [-0.4, -0.2) is 45.7 Å². The van der Waals surface area contributed by atoms with Gasteiger partial charge in [0.25, 0.3) is 0 Å². The van der Waals surface area contributed by atoms with E-state index in [-0.39, 0.29) is 5.82 Å². The lowest BCUT2D eigenvalue weighted by Crippen LogP contribution is -2.13. The number of nitrogens with one attached hydrogen (secondary N) is 2. The molecule has 0 aliphatic rings. The van der Waals surface area contributed by atoms with E-state index in [0.717, 1.165) is 80.5 Å². The van der Waals surface area contributed by atoms with Crippen LogP contribution in [0.4, 0.5) is 4.39 Å². The molecule has 0 unspecified atom stereocenters. The lowest BCUT2D eigenvalue weighted by molar-refractivity contribution is 0.400. The van der Waals surface area contributed by atoms with E-state index >= 15 is 0 Å². The van der Waals surface area contributed by atoms with Crippen molar-refractivity contribution in [2.24, 2.45) is 5.73 Å². The molecule has 0 bridgehead atoms.